The van der Waals surface area contributed by atoms with Crippen molar-refractivity contribution in [3.8, 4) is 5.88 Å². The zero-order chi connectivity index (χ0) is 11.4. The molecule has 1 fully saturated rings. The molecule has 16 heavy (non-hydrogen) atoms. The number of methoxy groups -OCH3 is 1. The van der Waals surface area contributed by atoms with Gasteiger partial charge in [-0.1, -0.05) is 11.6 Å². The van der Waals surface area contributed by atoms with E-state index in [0.717, 1.165) is 19.5 Å². The van der Waals surface area contributed by atoms with E-state index in [-0.39, 0.29) is 0 Å². The van der Waals surface area contributed by atoms with Gasteiger partial charge in [0.1, 0.15) is 5.02 Å². The van der Waals surface area contributed by atoms with Crippen LogP contribution in [0.5, 0.6) is 5.88 Å². The van der Waals surface area contributed by atoms with Crippen LogP contribution in [0.25, 0.3) is 0 Å². The molecule has 2 N–H and O–H groups in total. The lowest BCUT2D eigenvalue weighted by Gasteiger charge is -2.23. The second-order valence-electron chi connectivity index (χ2n) is 3.74. The van der Waals surface area contributed by atoms with Crippen LogP contribution < -0.4 is 15.4 Å². The van der Waals surface area contributed by atoms with Gasteiger partial charge in [0.15, 0.2) is 0 Å². The minimum absolute atomic E-state index is 0.375. The van der Waals surface area contributed by atoms with Crippen molar-refractivity contribution in [2.24, 2.45) is 0 Å². The molecule has 0 radical (unpaired) electrons. The zero-order valence-corrected chi connectivity index (χ0v) is 9.92. The standard InChI is InChI=1S/C10H15ClN4O/c1-16-9-8(11)6-13-10(15-9)14-7-3-2-4-12-5-7/h6-7,12H,2-5H2,1H3,(H,13,14,15). The van der Waals surface area contributed by atoms with Crippen LogP contribution >= 0.6 is 11.6 Å². The summed E-state index contributed by atoms with van der Waals surface area (Å²) in [7, 11) is 1.54. The molecule has 1 aliphatic rings. The summed E-state index contributed by atoms with van der Waals surface area (Å²) in [6.45, 7) is 2.03. The molecule has 1 saturated heterocycles. The number of hydrogen-bond donors (Lipinski definition) is 2. The molecule has 1 atom stereocenters. The normalized spacial score (nSPS) is 20.5. The Hall–Kier alpha value is -1.07. The molecule has 0 bridgehead atoms. The lowest BCUT2D eigenvalue weighted by molar-refractivity contribution is 0.397. The highest BCUT2D eigenvalue weighted by Crippen LogP contribution is 2.21. The third-order valence-corrected chi connectivity index (χ3v) is 2.79. The Bertz CT molecular complexity index is 355. The van der Waals surface area contributed by atoms with Crippen molar-refractivity contribution in [3.05, 3.63) is 11.2 Å². The summed E-state index contributed by atoms with van der Waals surface area (Å²) >= 11 is 5.85. The first-order valence-corrected chi connectivity index (χ1v) is 5.71. The van der Waals surface area contributed by atoms with E-state index in [4.69, 9.17) is 16.3 Å². The van der Waals surface area contributed by atoms with Gasteiger partial charge in [-0.3, -0.25) is 0 Å². The van der Waals surface area contributed by atoms with E-state index >= 15 is 0 Å². The van der Waals surface area contributed by atoms with Crippen molar-refractivity contribution < 1.29 is 4.74 Å². The number of nitrogens with zero attached hydrogens (tertiary/aromatic N) is 2. The first-order valence-electron chi connectivity index (χ1n) is 5.33. The molecule has 1 aliphatic heterocycles. The van der Waals surface area contributed by atoms with Gasteiger partial charge in [0.05, 0.1) is 13.3 Å². The molecule has 1 aromatic heterocycles. The molecule has 2 heterocycles. The van der Waals surface area contributed by atoms with E-state index < -0.39 is 0 Å². The van der Waals surface area contributed by atoms with Gasteiger partial charge in [-0.15, -0.1) is 0 Å². The van der Waals surface area contributed by atoms with Gasteiger partial charge in [0.2, 0.25) is 11.8 Å². The van der Waals surface area contributed by atoms with Gasteiger partial charge in [-0.2, -0.15) is 4.98 Å². The summed E-state index contributed by atoms with van der Waals surface area (Å²) in [5.74, 6) is 0.970. The van der Waals surface area contributed by atoms with Gasteiger partial charge in [-0.05, 0) is 19.4 Å². The van der Waals surface area contributed by atoms with Crippen LogP contribution in [-0.4, -0.2) is 36.2 Å². The number of ether oxygens (including phenoxy) is 1. The Morgan fingerprint density at radius 3 is 3.19 bits per heavy atom. The lowest BCUT2D eigenvalue weighted by atomic mass is 10.1. The maximum atomic E-state index is 5.85. The van der Waals surface area contributed by atoms with Crippen LogP contribution in [0.1, 0.15) is 12.8 Å². The highest BCUT2D eigenvalue weighted by molar-refractivity contribution is 6.31. The highest BCUT2D eigenvalue weighted by atomic mass is 35.5. The number of nitrogens with one attached hydrogen (secondary N) is 2. The fourth-order valence-electron chi connectivity index (χ4n) is 1.72. The summed E-state index contributed by atoms with van der Waals surface area (Å²) in [4.78, 5) is 8.30. The molecule has 0 spiro atoms. The molecule has 0 amide bonds. The third kappa shape index (κ3) is 2.74. The van der Waals surface area contributed by atoms with Crippen molar-refractivity contribution in [2.45, 2.75) is 18.9 Å². The number of anilines is 1. The first kappa shape index (κ1) is 11.4. The average molecular weight is 243 g/mol. The topological polar surface area (TPSA) is 59.1 Å². The second kappa shape index (κ2) is 5.32. The van der Waals surface area contributed by atoms with Gasteiger partial charge in [0, 0.05) is 12.6 Å². The first-order chi connectivity index (χ1) is 7.79. The van der Waals surface area contributed by atoms with Crippen molar-refractivity contribution >= 4 is 17.5 Å². The molecule has 1 unspecified atom stereocenters. The van der Waals surface area contributed by atoms with E-state index in [1.807, 2.05) is 0 Å². The Kier molecular flexibility index (Phi) is 3.79. The third-order valence-electron chi connectivity index (χ3n) is 2.54. The van der Waals surface area contributed by atoms with E-state index in [9.17, 15) is 0 Å². The molecule has 1 aromatic rings. The predicted octanol–water partition coefficient (Wildman–Crippen LogP) is 1.30. The second-order valence-corrected chi connectivity index (χ2v) is 4.15. The van der Waals surface area contributed by atoms with Gasteiger partial charge in [0.25, 0.3) is 0 Å². The summed E-state index contributed by atoms with van der Waals surface area (Å²) in [6, 6.07) is 0.375. The quantitative estimate of drug-likeness (QED) is 0.837. The summed E-state index contributed by atoms with van der Waals surface area (Å²) < 4.78 is 5.04. The fraction of sp³-hybridized carbons (Fsp3) is 0.600. The Morgan fingerprint density at radius 2 is 2.50 bits per heavy atom. The molecule has 0 aliphatic carbocycles. The number of rotatable bonds is 3. The van der Waals surface area contributed by atoms with Crippen molar-refractivity contribution in [2.75, 3.05) is 25.5 Å². The number of aromatic nitrogens is 2. The van der Waals surface area contributed by atoms with E-state index in [0.29, 0.717) is 22.9 Å². The van der Waals surface area contributed by atoms with Crippen molar-refractivity contribution in [1.29, 1.82) is 0 Å². The zero-order valence-electron chi connectivity index (χ0n) is 9.16. The Labute approximate surface area is 99.6 Å². The molecule has 88 valence electrons. The molecular formula is C10H15ClN4O. The predicted molar refractivity (Wildman–Crippen MR) is 63.1 cm³/mol. The van der Waals surface area contributed by atoms with Crippen LogP contribution in [0.4, 0.5) is 5.95 Å². The molecule has 5 nitrogen and oxygen atoms in total. The largest absolute Gasteiger partial charge is 0.480 e. The van der Waals surface area contributed by atoms with Gasteiger partial charge in [-0.25, -0.2) is 4.98 Å². The van der Waals surface area contributed by atoms with E-state index in [2.05, 4.69) is 20.6 Å². The van der Waals surface area contributed by atoms with Crippen molar-refractivity contribution in [1.82, 2.24) is 15.3 Å². The van der Waals surface area contributed by atoms with Crippen LogP contribution in [-0.2, 0) is 0 Å². The SMILES string of the molecule is COc1nc(NC2CCCNC2)ncc1Cl. The summed E-state index contributed by atoms with van der Waals surface area (Å²) in [5.41, 5.74) is 0. The van der Waals surface area contributed by atoms with Gasteiger partial charge >= 0.3 is 0 Å². The van der Waals surface area contributed by atoms with Gasteiger partial charge < -0.3 is 15.4 Å². The molecule has 0 saturated carbocycles. The lowest BCUT2D eigenvalue weighted by Crippen LogP contribution is -2.38. The number of halogens is 1. The average Bonchev–Trinajstić information content (AvgIpc) is 2.33. The maximum Gasteiger partial charge on any atom is 0.237 e. The number of hydrogen-bond acceptors (Lipinski definition) is 5. The minimum Gasteiger partial charge on any atom is -0.480 e. The van der Waals surface area contributed by atoms with E-state index in [1.54, 1.807) is 13.3 Å². The number of piperidine rings is 1. The maximum absolute atomic E-state index is 5.85. The van der Waals surface area contributed by atoms with Crippen molar-refractivity contribution in [3.63, 3.8) is 0 Å². The summed E-state index contributed by atoms with van der Waals surface area (Å²) in [6.07, 6.45) is 3.84. The van der Waals surface area contributed by atoms with Crippen LogP contribution in [0.3, 0.4) is 0 Å². The van der Waals surface area contributed by atoms with Crippen LogP contribution in [0.2, 0.25) is 5.02 Å². The highest BCUT2D eigenvalue weighted by Gasteiger charge is 2.14. The molecular weight excluding hydrogens is 228 g/mol. The fourth-order valence-corrected chi connectivity index (χ4v) is 1.89. The molecule has 2 rings (SSSR count). The van der Waals surface area contributed by atoms with Crippen LogP contribution in [0.15, 0.2) is 6.20 Å². The van der Waals surface area contributed by atoms with E-state index in [1.165, 1.54) is 6.42 Å². The molecule has 0 aromatic carbocycles. The minimum atomic E-state index is 0.375. The smallest absolute Gasteiger partial charge is 0.237 e. The summed E-state index contributed by atoms with van der Waals surface area (Å²) in [5, 5.41) is 7.00. The monoisotopic (exact) mass is 242 g/mol. The van der Waals surface area contributed by atoms with Crippen LogP contribution in [0, 0.1) is 0 Å². The molecule has 6 heteroatoms. The Balaban J connectivity index is 2.03. The Morgan fingerprint density at radius 1 is 1.62 bits per heavy atom.